The van der Waals surface area contributed by atoms with Gasteiger partial charge in [0.1, 0.15) is 5.75 Å². The summed E-state index contributed by atoms with van der Waals surface area (Å²) >= 11 is 0. The molecule has 2 aromatic rings. The summed E-state index contributed by atoms with van der Waals surface area (Å²) in [6.45, 7) is 4.68. The Bertz CT molecular complexity index is 816. The van der Waals surface area contributed by atoms with Gasteiger partial charge in [0.05, 0.1) is 11.5 Å². The highest BCUT2D eigenvalue weighted by molar-refractivity contribution is 7.89. The molecule has 1 N–H and O–H groups in total. The fourth-order valence-electron chi connectivity index (χ4n) is 3.38. The normalized spacial score (nSPS) is 21.8. The maximum absolute atomic E-state index is 12.7. The summed E-state index contributed by atoms with van der Waals surface area (Å²) in [6, 6.07) is 11.0. The van der Waals surface area contributed by atoms with Crippen molar-refractivity contribution in [1.29, 1.82) is 0 Å². The Morgan fingerprint density at radius 1 is 1.08 bits per heavy atom. The highest BCUT2D eigenvalue weighted by Gasteiger charge is 2.26. The minimum absolute atomic E-state index is 0.0415. The van der Waals surface area contributed by atoms with Crippen LogP contribution in [0.2, 0.25) is 0 Å². The van der Waals surface area contributed by atoms with Crippen LogP contribution in [0, 0.1) is 5.92 Å². The second kappa shape index (κ2) is 7.11. The third-order valence-corrected chi connectivity index (χ3v) is 6.31. The molecule has 24 heavy (non-hydrogen) atoms. The van der Waals surface area contributed by atoms with Gasteiger partial charge in [-0.2, -0.15) is 0 Å². The smallest absolute Gasteiger partial charge is 0.240 e. The largest absolute Gasteiger partial charge is 0.494 e. The quantitative estimate of drug-likeness (QED) is 0.886. The van der Waals surface area contributed by atoms with Crippen LogP contribution in [0.1, 0.15) is 39.5 Å². The summed E-state index contributed by atoms with van der Waals surface area (Å²) in [6.07, 6.45) is 4.30. The molecule has 0 aliphatic heterocycles. The Labute approximate surface area is 144 Å². The van der Waals surface area contributed by atoms with E-state index >= 15 is 0 Å². The first-order valence-electron chi connectivity index (χ1n) is 8.68. The lowest BCUT2D eigenvalue weighted by Gasteiger charge is -2.29. The first-order valence-corrected chi connectivity index (χ1v) is 10.2. The molecule has 2 aromatic carbocycles. The average Bonchev–Trinajstić information content (AvgIpc) is 2.56. The zero-order chi connectivity index (χ0) is 17.2. The number of benzene rings is 2. The van der Waals surface area contributed by atoms with Gasteiger partial charge < -0.3 is 4.74 Å². The van der Waals surface area contributed by atoms with Crippen LogP contribution in [0.5, 0.6) is 5.75 Å². The topological polar surface area (TPSA) is 55.4 Å². The highest BCUT2D eigenvalue weighted by Crippen LogP contribution is 2.27. The van der Waals surface area contributed by atoms with Crippen molar-refractivity contribution < 1.29 is 13.2 Å². The number of hydrogen-bond donors (Lipinski definition) is 1. The van der Waals surface area contributed by atoms with Crippen LogP contribution < -0.4 is 9.46 Å². The monoisotopic (exact) mass is 347 g/mol. The molecule has 0 heterocycles. The van der Waals surface area contributed by atoms with Crippen LogP contribution in [-0.4, -0.2) is 21.1 Å². The third kappa shape index (κ3) is 3.73. The fraction of sp³-hybridized carbons (Fsp3) is 0.474. The van der Waals surface area contributed by atoms with Gasteiger partial charge in [-0.15, -0.1) is 0 Å². The van der Waals surface area contributed by atoms with Gasteiger partial charge in [0, 0.05) is 6.04 Å². The first kappa shape index (κ1) is 17.2. The van der Waals surface area contributed by atoms with Crippen LogP contribution >= 0.6 is 0 Å². The SMILES string of the molecule is CCOc1ccc2cc(S(=O)(=O)N[C@H]3CCCC[C@@H]3C)ccc2c1. The summed E-state index contributed by atoms with van der Waals surface area (Å²) in [5.74, 6) is 1.19. The van der Waals surface area contributed by atoms with Crippen molar-refractivity contribution in [2.75, 3.05) is 6.61 Å². The predicted molar refractivity (Wildman–Crippen MR) is 96.9 cm³/mol. The van der Waals surface area contributed by atoms with Gasteiger partial charge in [0.2, 0.25) is 10.0 Å². The molecule has 0 bridgehead atoms. The van der Waals surface area contributed by atoms with Crippen LogP contribution in [0.25, 0.3) is 10.8 Å². The van der Waals surface area contributed by atoms with Gasteiger partial charge in [-0.05, 0) is 60.7 Å². The first-order chi connectivity index (χ1) is 11.5. The molecule has 0 aromatic heterocycles. The van der Waals surface area contributed by atoms with Gasteiger partial charge in [-0.1, -0.05) is 31.9 Å². The second-order valence-electron chi connectivity index (χ2n) is 6.59. The fourth-order valence-corrected chi connectivity index (χ4v) is 4.80. The Morgan fingerprint density at radius 2 is 1.79 bits per heavy atom. The summed E-state index contributed by atoms with van der Waals surface area (Å²) in [5, 5.41) is 1.88. The Hall–Kier alpha value is -1.59. The van der Waals surface area contributed by atoms with E-state index in [9.17, 15) is 8.42 Å². The molecular weight excluding hydrogens is 322 g/mol. The number of hydrogen-bond acceptors (Lipinski definition) is 3. The Balaban J connectivity index is 1.86. The van der Waals surface area contributed by atoms with Crippen LogP contribution in [0.3, 0.4) is 0 Å². The lowest BCUT2D eigenvalue weighted by atomic mass is 9.87. The van der Waals surface area contributed by atoms with E-state index in [2.05, 4.69) is 11.6 Å². The Kier molecular flexibility index (Phi) is 5.11. The molecule has 1 saturated carbocycles. The molecule has 0 radical (unpaired) electrons. The van der Waals surface area contributed by atoms with Crippen molar-refractivity contribution in [3.8, 4) is 5.75 Å². The molecule has 1 aliphatic rings. The maximum Gasteiger partial charge on any atom is 0.240 e. The van der Waals surface area contributed by atoms with Crippen molar-refractivity contribution in [3.05, 3.63) is 36.4 Å². The molecule has 3 rings (SSSR count). The maximum atomic E-state index is 12.7. The van der Waals surface area contributed by atoms with E-state index in [0.29, 0.717) is 17.4 Å². The lowest BCUT2D eigenvalue weighted by Crippen LogP contribution is -2.40. The van der Waals surface area contributed by atoms with Crippen molar-refractivity contribution in [1.82, 2.24) is 4.72 Å². The summed E-state index contributed by atoms with van der Waals surface area (Å²) in [5.41, 5.74) is 0. The van der Waals surface area contributed by atoms with Gasteiger partial charge in [0.25, 0.3) is 0 Å². The number of fused-ring (bicyclic) bond motifs is 1. The standard InChI is InChI=1S/C19H25NO3S/c1-3-23-17-10-8-16-13-18(11-9-15(16)12-17)24(21,22)20-19-7-5-4-6-14(19)2/h8-14,19-20H,3-7H2,1-2H3/t14-,19-/m0/s1. The van der Waals surface area contributed by atoms with Crippen molar-refractivity contribution in [3.63, 3.8) is 0 Å². The summed E-state index contributed by atoms with van der Waals surface area (Å²) in [4.78, 5) is 0.330. The van der Waals surface area contributed by atoms with Crippen molar-refractivity contribution in [2.24, 2.45) is 5.92 Å². The number of sulfonamides is 1. The average molecular weight is 347 g/mol. The number of ether oxygens (including phenoxy) is 1. The third-order valence-electron chi connectivity index (χ3n) is 4.82. The molecule has 0 spiro atoms. The Morgan fingerprint density at radius 3 is 2.54 bits per heavy atom. The van der Waals surface area contributed by atoms with Gasteiger partial charge >= 0.3 is 0 Å². The molecule has 5 heteroatoms. The minimum Gasteiger partial charge on any atom is -0.494 e. The van der Waals surface area contributed by atoms with Crippen molar-refractivity contribution >= 4 is 20.8 Å². The predicted octanol–water partition coefficient (Wildman–Crippen LogP) is 4.10. The second-order valence-corrected chi connectivity index (χ2v) is 8.31. The molecule has 0 unspecified atom stereocenters. The van der Waals surface area contributed by atoms with Gasteiger partial charge in [-0.3, -0.25) is 0 Å². The summed E-state index contributed by atoms with van der Waals surface area (Å²) in [7, 11) is -3.49. The van der Waals surface area contributed by atoms with E-state index in [-0.39, 0.29) is 6.04 Å². The van der Waals surface area contributed by atoms with Crippen LogP contribution in [0.15, 0.2) is 41.3 Å². The van der Waals surface area contributed by atoms with E-state index in [0.717, 1.165) is 35.8 Å². The zero-order valence-electron chi connectivity index (χ0n) is 14.3. The van der Waals surface area contributed by atoms with E-state index in [1.165, 1.54) is 6.42 Å². The van der Waals surface area contributed by atoms with Gasteiger partial charge in [0.15, 0.2) is 0 Å². The number of nitrogens with one attached hydrogen (secondary N) is 1. The minimum atomic E-state index is -3.49. The van der Waals surface area contributed by atoms with Crippen molar-refractivity contribution in [2.45, 2.75) is 50.5 Å². The van der Waals surface area contributed by atoms with E-state index in [1.54, 1.807) is 12.1 Å². The molecule has 4 nitrogen and oxygen atoms in total. The molecule has 0 amide bonds. The molecule has 130 valence electrons. The molecule has 0 saturated heterocycles. The summed E-state index contributed by atoms with van der Waals surface area (Å²) < 4.78 is 33.8. The van der Waals surface area contributed by atoms with E-state index < -0.39 is 10.0 Å². The van der Waals surface area contributed by atoms with E-state index in [1.807, 2.05) is 31.2 Å². The molecule has 1 fully saturated rings. The lowest BCUT2D eigenvalue weighted by molar-refractivity contribution is 0.310. The molecule has 2 atom stereocenters. The zero-order valence-corrected chi connectivity index (χ0v) is 15.1. The van der Waals surface area contributed by atoms with Gasteiger partial charge in [-0.25, -0.2) is 13.1 Å². The van der Waals surface area contributed by atoms with Crippen LogP contribution in [-0.2, 0) is 10.0 Å². The van der Waals surface area contributed by atoms with E-state index in [4.69, 9.17) is 4.74 Å². The number of rotatable bonds is 5. The molecule has 1 aliphatic carbocycles. The molecular formula is C19H25NO3S. The highest BCUT2D eigenvalue weighted by atomic mass is 32.2. The van der Waals surface area contributed by atoms with Crippen LogP contribution in [0.4, 0.5) is 0 Å².